The van der Waals surface area contributed by atoms with Gasteiger partial charge in [0.15, 0.2) is 9.84 Å². The van der Waals surface area contributed by atoms with Crippen LogP contribution in [0.5, 0.6) is 0 Å². The molecule has 0 radical (unpaired) electrons. The number of carbonyl (C=O) groups is 1. The van der Waals surface area contributed by atoms with Crippen LogP contribution in [0.4, 0.5) is 0 Å². The van der Waals surface area contributed by atoms with Crippen LogP contribution in [-0.2, 0) is 26.0 Å². The average molecular weight is 283 g/mol. The summed E-state index contributed by atoms with van der Waals surface area (Å²) < 4.78 is 28.0. The molecule has 5 nitrogen and oxygen atoms in total. The van der Waals surface area contributed by atoms with Crippen LogP contribution in [0.15, 0.2) is 30.3 Å². The van der Waals surface area contributed by atoms with Gasteiger partial charge >= 0.3 is 5.97 Å². The van der Waals surface area contributed by atoms with Gasteiger partial charge in [0.25, 0.3) is 0 Å². The molecule has 1 fully saturated rings. The maximum Gasteiger partial charge on any atom is 0.307 e. The van der Waals surface area contributed by atoms with Crippen molar-refractivity contribution in [3.8, 4) is 0 Å². The van der Waals surface area contributed by atoms with E-state index in [2.05, 4.69) is 5.32 Å². The Hall–Kier alpha value is -1.40. The highest BCUT2D eigenvalue weighted by Gasteiger charge is 2.26. The van der Waals surface area contributed by atoms with Crippen molar-refractivity contribution < 1.29 is 17.9 Å². The van der Waals surface area contributed by atoms with Gasteiger partial charge in [0.05, 0.1) is 17.9 Å². The van der Waals surface area contributed by atoms with Gasteiger partial charge in [-0.3, -0.25) is 4.79 Å². The Morgan fingerprint density at radius 2 is 2.05 bits per heavy atom. The lowest BCUT2D eigenvalue weighted by molar-refractivity contribution is -0.145. The Bertz CT molecular complexity index is 527. The third-order valence-corrected chi connectivity index (χ3v) is 4.69. The second kappa shape index (κ2) is 6.16. The van der Waals surface area contributed by atoms with Crippen LogP contribution in [-0.4, -0.2) is 38.5 Å². The van der Waals surface area contributed by atoms with Gasteiger partial charge in [0, 0.05) is 12.6 Å². The Morgan fingerprint density at radius 1 is 1.32 bits per heavy atom. The summed E-state index contributed by atoms with van der Waals surface area (Å²) in [6.45, 7) is 0.623. The second-order valence-corrected chi connectivity index (χ2v) is 6.84. The van der Waals surface area contributed by atoms with Crippen molar-refractivity contribution in [2.45, 2.75) is 19.1 Å². The Morgan fingerprint density at radius 3 is 2.74 bits per heavy atom. The van der Waals surface area contributed by atoms with Gasteiger partial charge in [-0.25, -0.2) is 8.42 Å². The van der Waals surface area contributed by atoms with Crippen LogP contribution >= 0.6 is 0 Å². The van der Waals surface area contributed by atoms with Gasteiger partial charge in [0.1, 0.15) is 6.61 Å². The second-order valence-electron chi connectivity index (χ2n) is 4.62. The van der Waals surface area contributed by atoms with Crippen LogP contribution in [0.1, 0.15) is 12.0 Å². The van der Waals surface area contributed by atoms with Crippen molar-refractivity contribution in [2.24, 2.45) is 0 Å². The molecule has 0 spiro atoms. The summed E-state index contributed by atoms with van der Waals surface area (Å²) >= 11 is 0. The number of rotatable bonds is 4. The number of esters is 1. The fourth-order valence-electron chi connectivity index (χ4n) is 2.00. The van der Waals surface area contributed by atoms with Crippen LogP contribution in [0.25, 0.3) is 0 Å². The smallest absolute Gasteiger partial charge is 0.307 e. The van der Waals surface area contributed by atoms with E-state index < -0.39 is 9.84 Å². The van der Waals surface area contributed by atoms with Gasteiger partial charge in [-0.15, -0.1) is 0 Å². The molecule has 0 saturated carbocycles. The van der Waals surface area contributed by atoms with Gasteiger partial charge in [0.2, 0.25) is 0 Å². The fraction of sp³-hybridized carbons (Fsp3) is 0.462. The number of hydrogen-bond donors (Lipinski definition) is 1. The largest absolute Gasteiger partial charge is 0.461 e. The fourth-order valence-corrected chi connectivity index (χ4v) is 3.44. The van der Waals surface area contributed by atoms with E-state index >= 15 is 0 Å². The number of sulfone groups is 1. The molecule has 1 atom stereocenters. The Labute approximate surface area is 112 Å². The lowest BCUT2D eigenvalue weighted by Gasteiger charge is -2.22. The van der Waals surface area contributed by atoms with E-state index in [0.29, 0.717) is 6.54 Å². The summed E-state index contributed by atoms with van der Waals surface area (Å²) in [6, 6.07) is 9.05. The summed E-state index contributed by atoms with van der Waals surface area (Å²) in [7, 11) is -3.01. The van der Waals surface area contributed by atoms with Gasteiger partial charge in [-0.2, -0.15) is 0 Å². The molecule has 0 amide bonds. The minimum atomic E-state index is -3.01. The molecule has 1 heterocycles. The highest BCUT2D eigenvalue weighted by molar-refractivity contribution is 7.91. The molecule has 1 saturated heterocycles. The van der Waals surface area contributed by atoms with Crippen molar-refractivity contribution >= 4 is 15.8 Å². The topological polar surface area (TPSA) is 72.5 Å². The van der Waals surface area contributed by atoms with E-state index in [1.165, 1.54) is 0 Å². The molecule has 0 aliphatic carbocycles. The van der Waals surface area contributed by atoms with Gasteiger partial charge < -0.3 is 10.1 Å². The highest BCUT2D eigenvalue weighted by Crippen LogP contribution is 2.07. The zero-order chi connectivity index (χ0) is 13.7. The molecular weight excluding hydrogens is 266 g/mol. The minimum Gasteiger partial charge on any atom is -0.461 e. The molecule has 0 aromatic heterocycles. The molecule has 1 aromatic carbocycles. The third-order valence-electron chi connectivity index (χ3n) is 2.96. The number of carbonyl (C=O) groups excluding carboxylic acids is 1. The first-order valence-electron chi connectivity index (χ1n) is 6.18. The quantitative estimate of drug-likeness (QED) is 0.815. The molecule has 1 aliphatic heterocycles. The van der Waals surface area contributed by atoms with E-state index in [9.17, 15) is 13.2 Å². The summed E-state index contributed by atoms with van der Waals surface area (Å²) in [5.74, 6) is -0.228. The van der Waals surface area contributed by atoms with Crippen LogP contribution in [0.2, 0.25) is 0 Å². The minimum absolute atomic E-state index is 0.00738. The first kappa shape index (κ1) is 14.0. The molecular formula is C13H17NO4S. The predicted molar refractivity (Wildman–Crippen MR) is 71.3 cm³/mol. The molecule has 0 bridgehead atoms. The molecule has 1 N–H and O–H groups in total. The van der Waals surface area contributed by atoms with Crippen LogP contribution in [0.3, 0.4) is 0 Å². The van der Waals surface area contributed by atoms with Crippen molar-refractivity contribution in [1.82, 2.24) is 5.32 Å². The number of hydrogen-bond acceptors (Lipinski definition) is 5. The summed E-state index contributed by atoms with van der Waals surface area (Å²) in [4.78, 5) is 11.6. The van der Waals surface area contributed by atoms with E-state index in [4.69, 9.17) is 4.74 Å². The predicted octanol–water partition coefficient (Wildman–Crippen LogP) is 0.507. The lowest BCUT2D eigenvalue weighted by atomic mass is 10.2. The maximum absolute atomic E-state index is 11.6. The SMILES string of the molecule is O=C(CC1CS(=O)(=O)CCN1)OCc1ccccc1. The molecule has 1 aromatic rings. The Balaban J connectivity index is 1.78. The summed E-state index contributed by atoms with van der Waals surface area (Å²) in [6.07, 6.45) is 0.0893. The summed E-state index contributed by atoms with van der Waals surface area (Å²) in [5, 5.41) is 3.02. The molecule has 2 rings (SSSR count). The monoisotopic (exact) mass is 283 g/mol. The first-order valence-corrected chi connectivity index (χ1v) is 8.01. The molecule has 19 heavy (non-hydrogen) atoms. The maximum atomic E-state index is 11.6. The van der Waals surface area contributed by atoms with Crippen LogP contribution < -0.4 is 5.32 Å². The van der Waals surface area contributed by atoms with Gasteiger partial charge in [-0.05, 0) is 5.56 Å². The zero-order valence-corrected chi connectivity index (χ0v) is 11.4. The normalized spacial score (nSPS) is 21.8. The molecule has 6 heteroatoms. The van der Waals surface area contributed by atoms with Gasteiger partial charge in [-0.1, -0.05) is 30.3 Å². The number of benzene rings is 1. The molecule has 1 aliphatic rings. The molecule has 104 valence electrons. The van der Waals surface area contributed by atoms with E-state index in [-0.39, 0.29) is 36.5 Å². The van der Waals surface area contributed by atoms with Crippen LogP contribution in [0, 0.1) is 0 Å². The summed E-state index contributed by atoms with van der Waals surface area (Å²) in [5.41, 5.74) is 0.917. The van der Waals surface area contributed by atoms with E-state index in [0.717, 1.165) is 5.56 Å². The average Bonchev–Trinajstić information content (AvgIpc) is 2.36. The standard InChI is InChI=1S/C13H17NO4S/c15-13(18-9-11-4-2-1-3-5-11)8-12-10-19(16,17)7-6-14-12/h1-5,12,14H,6-10H2. The first-order chi connectivity index (χ1) is 9.05. The third kappa shape index (κ3) is 4.65. The highest BCUT2D eigenvalue weighted by atomic mass is 32.2. The van der Waals surface area contributed by atoms with Crippen molar-refractivity contribution in [3.05, 3.63) is 35.9 Å². The van der Waals surface area contributed by atoms with Crippen molar-refractivity contribution in [1.29, 1.82) is 0 Å². The number of nitrogens with one attached hydrogen (secondary N) is 1. The molecule has 1 unspecified atom stereocenters. The zero-order valence-electron chi connectivity index (χ0n) is 10.5. The van der Waals surface area contributed by atoms with E-state index in [1.54, 1.807) is 0 Å². The van der Waals surface area contributed by atoms with Crippen molar-refractivity contribution in [3.63, 3.8) is 0 Å². The number of ether oxygens (including phenoxy) is 1. The Kier molecular flexibility index (Phi) is 4.55. The van der Waals surface area contributed by atoms with E-state index in [1.807, 2.05) is 30.3 Å². The lowest BCUT2D eigenvalue weighted by Crippen LogP contribution is -2.46. The van der Waals surface area contributed by atoms with Crippen molar-refractivity contribution in [2.75, 3.05) is 18.1 Å².